The normalized spacial score (nSPS) is 21.2. The van der Waals surface area contributed by atoms with Gasteiger partial charge in [-0.2, -0.15) is 0 Å². The quantitative estimate of drug-likeness (QED) is 0.681. The first kappa shape index (κ1) is 21.5. The largest absolute Gasteiger partial charge is 0.444 e. The summed E-state index contributed by atoms with van der Waals surface area (Å²) in [6, 6.07) is 7.04. The van der Waals surface area contributed by atoms with Gasteiger partial charge in [-0.15, -0.1) is 0 Å². The Morgan fingerprint density at radius 2 is 1.70 bits per heavy atom. The van der Waals surface area contributed by atoms with E-state index >= 15 is 0 Å². The molecule has 0 spiro atoms. The van der Waals surface area contributed by atoms with Crippen molar-refractivity contribution in [2.75, 3.05) is 13.1 Å². The Morgan fingerprint density at radius 1 is 1.07 bits per heavy atom. The predicted octanol–water partition coefficient (Wildman–Crippen LogP) is 4.90. The number of hydrogen-bond acceptors (Lipinski definition) is 3. The lowest BCUT2D eigenvalue weighted by atomic mass is 9.91. The number of hydrogen-bond donors (Lipinski definition) is 0. The molecule has 0 unspecified atom stereocenters. The molecule has 0 saturated carbocycles. The molecule has 1 heterocycles. The second kappa shape index (κ2) is 7.70. The minimum absolute atomic E-state index is 0.0749. The Kier molecular flexibility index (Phi) is 6.15. The lowest BCUT2D eigenvalue weighted by molar-refractivity contribution is -0.145. The Hall–Kier alpha value is -1.75. The number of rotatable bonds is 1. The maximum atomic E-state index is 12.9. The molecule has 1 aromatic rings. The smallest absolute Gasteiger partial charge is 0.410 e. The number of nitrogens with zero attached hydrogens (tertiary/aromatic N) is 2. The summed E-state index contributed by atoms with van der Waals surface area (Å²) in [5.41, 5.74) is -0.175. The van der Waals surface area contributed by atoms with Crippen LogP contribution in [0.5, 0.6) is 0 Å². The molecule has 2 atom stereocenters. The van der Waals surface area contributed by atoms with Crippen LogP contribution in [0.25, 0.3) is 0 Å². The fourth-order valence-electron chi connectivity index (χ4n) is 3.21. The molecule has 2 amide bonds. The number of benzene rings is 1. The van der Waals surface area contributed by atoms with E-state index in [0.717, 1.165) is 5.56 Å². The van der Waals surface area contributed by atoms with Crippen LogP contribution >= 0.6 is 11.6 Å². The Bertz CT molecular complexity index is 706. The maximum Gasteiger partial charge on any atom is 0.410 e. The van der Waals surface area contributed by atoms with Crippen molar-refractivity contribution in [3.63, 3.8) is 0 Å². The molecular weight excluding hydrogens is 364 g/mol. The predicted molar refractivity (Wildman–Crippen MR) is 108 cm³/mol. The van der Waals surface area contributed by atoms with Gasteiger partial charge in [0, 0.05) is 29.6 Å². The summed E-state index contributed by atoms with van der Waals surface area (Å²) >= 11 is 6.18. The Balaban J connectivity index is 2.39. The molecule has 2 rings (SSSR count). The molecule has 0 radical (unpaired) electrons. The van der Waals surface area contributed by atoms with Gasteiger partial charge < -0.3 is 9.64 Å². The molecule has 1 aromatic carbocycles. The van der Waals surface area contributed by atoms with Crippen molar-refractivity contribution < 1.29 is 14.3 Å². The lowest BCUT2D eigenvalue weighted by Crippen LogP contribution is -2.59. The highest BCUT2D eigenvalue weighted by Gasteiger charge is 2.41. The van der Waals surface area contributed by atoms with E-state index in [1.165, 1.54) is 0 Å². The fourth-order valence-corrected chi connectivity index (χ4v) is 3.41. The van der Waals surface area contributed by atoms with E-state index in [9.17, 15) is 9.59 Å². The first-order valence-corrected chi connectivity index (χ1v) is 9.73. The summed E-state index contributed by atoms with van der Waals surface area (Å²) in [4.78, 5) is 29.4. The van der Waals surface area contributed by atoms with Gasteiger partial charge in [0.25, 0.3) is 0 Å². The maximum absolute atomic E-state index is 12.9. The molecule has 1 aliphatic rings. The summed E-state index contributed by atoms with van der Waals surface area (Å²) in [5, 5.41) is 0.601. The molecule has 0 bridgehead atoms. The minimum Gasteiger partial charge on any atom is -0.444 e. The minimum atomic E-state index is -0.586. The molecule has 6 heteroatoms. The fraction of sp³-hybridized carbons (Fsp3) is 0.619. The number of halogens is 1. The van der Waals surface area contributed by atoms with Crippen LogP contribution in [0.4, 0.5) is 4.79 Å². The summed E-state index contributed by atoms with van der Waals surface area (Å²) in [6.07, 6.45) is -0.373. The summed E-state index contributed by atoms with van der Waals surface area (Å²) in [7, 11) is 0. The summed E-state index contributed by atoms with van der Waals surface area (Å²) in [6.45, 7) is 14.1. The number of carbonyl (C=O) groups is 2. The number of ether oxygens (including phenoxy) is 1. The highest BCUT2D eigenvalue weighted by Crippen LogP contribution is 2.33. The van der Waals surface area contributed by atoms with Gasteiger partial charge in [0.2, 0.25) is 5.91 Å². The van der Waals surface area contributed by atoms with Crippen molar-refractivity contribution in [2.45, 2.75) is 66.2 Å². The van der Waals surface area contributed by atoms with Gasteiger partial charge in [0.15, 0.2) is 0 Å². The third-order valence-corrected chi connectivity index (χ3v) is 4.74. The standard InChI is InChI=1S/C21H31ClN2O3/c1-14-12-24(19(26)27-21(5,6)7)17(15-9-8-10-16(22)11-15)13-23(14)18(25)20(2,3)4/h8-11,14,17H,12-13H2,1-7H3/t14-,17+/m1/s1. The van der Waals surface area contributed by atoms with E-state index < -0.39 is 11.0 Å². The molecule has 1 aliphatic heterocycles. The van der Waals surface area contributed by atoms with Gasteiger partial charge in [-0.25, -0.2) is 4.79 Å². The Labute approximate surface area is 167 Å². The molecular formula is C21H31ClN2O3. The number of amides is 2. The number of carbonyl (C=O) groups excluding carboxylic acids is 2. The van der Waals surface area contributed by atoms with Crippen LogP contribution in [0.2, 0.25) is 5.02 Å². The second-order valence-corrected chi connectivity index (χ2v) is 9.70. The van der Waals surface area contributed by atoms with Gasteiger partial charge in [-0.05, 0) is 45.4 Å². The van der Waals surface area contributed by atoms with Gasteiger partial charge >= 0.3 is 6.09 Å². The van der Waals surface area contributed by atoms with Gasteiger partial charge in [0.1, 0.15) is 5.60 Å². The van der Waals surface area contributed by atoms with Crippen LogP contribution in [0.1, 0.15) is 60.1 Å². The highest BCUT2D eigenvalue weighted by molar-refractivity contribution is 6.30. The number of piperazine rings is 1. The van der Waals surface area contributed by atoms with Gasteiger partial charge in [-0.1, -0.05) is 44.5 Å². The topological polar surface area (TPSA) is 49.9 Å². The second-order valence-electron chi connectivity index (χ2n) is 9.26. The van der Waals surface area contributed by atoms with E-state index in [-0.39, 0.29) is 24.1 Å². The van der Waals surface area contributed by atoms with Crippen LogP contribution in [-0.4, -0.2) is 46.5 Å². The molecule has 5 nitrogen and oxygen atoms in total. The van der Waals surface area contributed by atoms with E-state index in [2.05, 4.69) is 0 Å². The van der Waals surface area contributed by atoms with Gasteiger partial charge in [0.05, 0.1) is 6.04 Å². The molecule has 150 valence electrons. The zero-order valence-electron chi connectivity index (χ0n) is 17.4. The van der Waals surface area contributed by atoms with Crippen molar-refractivity contribution in [3.8, 4) is 0 Å². The lowest BCUT2D eigenvalue weighted by Gasteiger charge is -2.47. The average Bonchev–Trinajstić information content (AvgIpc) is 2.51. The van der Waals surface area contributed by atoms with Crippen LogP contribution in [0.3, 0.4) is 0 Å². The highest BCUT2D eigenvalue weighted by atomic mass is 35.5. The average molecular weight is 395 g/mol. The molecule has 1 fully saturated rings. The van der Waals surface area contributed by atoms with E-state index in [0.29, 0.717) is 18.1 Å². The van der Waals surface area contributed by atoms with Crippen molar-refractivity contribution in [1.29, 1.82) is 0 Å². The first-order chi connectivity index (χ1) is 12.3. The third kappa shape index (κ3) is 5.38. The van der Waals surface area contributed by atoms with Crippen molar-refractivity contribution in [2.24, 2.45) is 5.41 Å². The third-order valence-electron chi connectivity index (χ3n) is 4.50. The van der Waals surface area contributed by atoms with Crippen molar-refractivity contribution >= 4 is 23.6 Å². The van der Waals surface area contributed by atoms with Crippen molar-refractivity contribution in [3.05, 3.63) is 34.9 Å². The molecule has 0 aliphatic carbocycles. The monoisotopic (exact) mass is 394 g/mol. The molecule has 0 N–H and O–H groups in total. The van der Waals surface area contributed by atoms with E-state index in [4.69, 9.17) is 16.3 Å². The van der Waals surface area contributed by atoms with E-state index in [1.807, 2.05) is 71.6 Å². The summed E-state index contributed by atoms with van der Waals surface area (Å²) in [5.74, 6) is 0.0749. The zero-order valence-corrected chi connectivity index (χ0v) is 18.1. The molecule has 0 aromatic heterocycles. The Morgan fingerprint density at radius 3 is 2.22 bits per heavy atom. The van der Waals surface area contributed by atoms with Crippen LogP contribution < -0.4 is 0 Å². The van der Waals surface area contributed by atoms with E-state index in [1.54, 1.807) is 11.0 Å². The van der Waals surface area contributed by atoms with Gasteiger partial charge in [-0.3, -0.25) is 9.69 Å². The SMILES string of the molecule is C[C@@H]1CN(C(=O)OC(C)(C)C)[C@H](c2cccc(Cl)c2)CN1C(=O)C(C)(C)C. The van der Waals surface area contributed by atoms with Crippen LogP contribution in [0, 0.1) is 5.41 Å². The molecule has 27 heavy (non-hydrogen) atoms. The van der Waals surface area contributed by atoms with Crippen LogP contribution in [0.15, 0.2) is 24.3 Å². The summed E-state index contributed by atoms with van der Waals surface area (Å²) < 4.78 is 5.62. The zero-order chi connectivity index (χ0) is 20.6. The molecule has 1 saturated heterocycles. The van der Waals surface area contributed by atoms with Crippen molar-refractivity contribution in [1.82, 2.24) is 9.80 Å². The first-order valence-electron chi connectivity index (χ1n) is 9.36. The van der Waals surface area contributed by atoms with Crippen LogP contribution in [-0.2, 0) is 9.53 Å².